The van der Waals surface area contributed by atoms with Crippen LogP contribution in [-0.2, 0) is 0 Å². The molecule has 2 saturated heterocycles. The van der Waals surface area contributed by atoms with E-state index in [1.165, 1.54) is 38.6 Å². The van der Waals surface area contributed by atoms with Crippen LogP contribution in [0.2, 0.25) is 0 Å². The highest BCUT2D eigenvalue weighted by Crippen LogP contribution is 2.51. The van der Waals surface area contributed by atoms with E-state index in [-0.39, 0.29) is 0 Å². The molecule has 4 atom stereocenters. The van der Waals surface area contributed by atoms with E-state index >= 15 is 0 Å². The minimum absolute atomic E-state index is 0.731. The van der Waals surface area contributed by atoms with Gasteiger partial charge < -0.3 is 5.32 Å². The Hall–Kier alpha value is -0.0400. The van der Waals surface area contributed by atoms with E-state index in [2.05, 4.69) is 19.2 Å². The third kappa shape index (κ3) is 1.25. The summed E-state index contributed by atoms with van der Waals surface area (Å²) in [5.74, 6) is 3.05. The highest BCUT2D eigenvalue weighted by atomic mass is 15.0. The maximum absolute atomic E-state index is 3.65. The van der Waals surface area contributed by atoms with Gasteiger partial charge in [-0.15, -0.1) is 0 Å². The Balaban J connectivity index is 1.58. The van der Waals surface area contributed by atoms with Crippen molar-refractivity contribution < 1.29 is 0 Å². The lowest BCUT2D eigenvalue weighted by Crippen LogP contribution is -2.43. The molecule has 2 saturated carbocycles. The fraction of sp³-hybridized carbons (Fsp3) is 1.00. The Morgan fingerprint density at radius 3 is 2.64 bits per heavy atom. The van der Waals surface area contributed by atoms with E-state index in [9.17, 15) is 0 Å². The summed E-state index contributed by atoms with van der Waals surface area (Å²) in [6.07, 6.45) is 7.44. The molecule has 2 bridgehead atoms. The predicted molar refractivity (Wildman–Crippen MR) is 59.1 cm³/mol. The van der Waals surface area contributed by atoms with Crippen molar-refractivity contribution in [3.63, 3.8) is 0 Å². The lowest BCUT2D eigenvalue weighted by atomic mass is 9.59. The summed E-state index contributed by atoms with van der Waals surface area (Å²) in [5, 5.41) is 3.65. The SMILES string of the molecule is CC(CC1(C)CCC1)C1C2CNC1C2. The van der Waals surface area contributed by atoms with E-state index in [0.717, 1.165) is 29.2 Å². The molecule has 80 valence electrons. The molecule has 0 aromatic rings. The first-order valence-electron chi connectivity index (χ1n) is 6.41. The van der Waals surface area contributed by atoms with Gasteiger partial charge in [0.2, 0.25) is 0 Å². The van der Waals surface area contributed by atoms with Gasteiger partial charge in [-0.05, 0) is 55.4 Å². The average Bonchev–Trinajstić information content (AvgIpc) is 2.60. The topological polar surface area (TPSA) is 12.0 Å². The van der Waals surface area contributed by atoms with E-state index in [1.54, 1.807) is 0 Å². The lowest BCUT2D eigenvalue weighted by Gasteiger charge is -2.46. The van der Waals surface area contributed by atoms with E-state index < -0.39 is 0 Å². The summed E-state index contributed by atoms with van der Waals surface area (Å²) < 4.78 is 0. The van der Waals surface area contributed by atoms with Gasteiger partial charge in [0.05, 0.1) is 0 Å². The highest BCUT2D eigenvalue weighted by molar-refractivity contribution is 5.04. The Morgan fingerprint density at radius 1 is 1.43 bits per heavy atom. The van der Waals surface area contributed by atoms with Crippen molar-refractivity contribution in [3.8, 4) is 0 Å². The van der Waals surface area contributed by atoms with Crippen molar-refractivity contribution in [2.45, 2.75) is 52.0 Å². The quantitative estimate of drug-likeness (QED) is 0.727. The zero-order valence-corrected chi connectivity index (χ0v) is 9.55. The Bertz CT molecular complexity index is 217. The zero-order chi connectivity index (χ0) is 9.76. The van der Waals surface area contributed by atoms with E-state index in [4.69, 9.17) is 0 Å². The molecule has 0 aromatic heterocycles. The van der Waals surface area contributed by atoms with Crippen LogP contribution in [0, 0.1) is 23.2 Å². The van der Waals surface area contributed by atoms with Crippen LogP contribution in [0.4, 0.5) is 0 Å². The van der Waals surface area contributed by atoms with Gasteiger partial charge in [-0.3, -0.25) is 0 Å². The summed E-state index contributed by atoms with van der Waals surface area (Å²) in [6, 6.07) is 0.902. The second kappa shape index (κ2) is 2.98. The average molecular weight is 193 g/mol. The van der Waals surface area contributed by atoms with Crippen molar-refractivity contribution >= 4 is 0 Å². The van der Waals surface area contributed by atoms with Crippen LogP contribution in [0.3, 0.4) is 0 Å². The normalized spacial score (nSPS) is 45.4. The van der Waals surface area contributed by atoms with Gasteiger partial charge in [-0.1, -0.05) is 20.3 Å². The molecule has 1 nitrogen and oxygen atoms in total. The van der Waals surface area contributed by atoms with Gasteiger partial charge >= 0.3 is 0 Å². The molecular formula is C13H23N. The monoisotopic (exact) mass is 193 g/mol. The van der Waals surface area contributed by atoms with Crippen LogP contribution in [0.1, 0.15) is 46.0 Å². The van der Waals surface area contributed by atoms with Crippen molar-refractivity contribution in [1.29, 1.82) is 0 Å². The van der Waals surface area contributed by atoms with E-state index in [1.807, 2.05) is 0 Å². The Labute approximate surface area is 87.7 Å². The molecule has 0 radical (unpaired) electrons. The standard InChI is InChI=1S/C13H23N/c1-9(7-13(2)4-3-5-13)12-10-6-11(12)14-8-10/h9-12,14H,3-8H2,1-2H3. The molecule has 2 aliphatic heterocycles. The largest absolute Gasteiger partial charge is 0.313 e. The van der Waals surface area contributed by atoms with Gasteiger partial charge in [0.15, 0.2) is 0 Å². The van der Waals surface area contributed by atoms with Crippen molar-refractivity contribution in [1.82, 2.24) is 5.32 Å². The minimum Gasteiger partial charge on any atom is -0.313 e. The Kier molecular flexibility index (Phi) is 1.96. The second-order valence-electron chi connectivity index (χ2n) is 6.43. The van der Waals surface area contributed by atoms with Crippen LogP contribution in [0.5, 0.6) is 0 Å². The molecule has 2 aliphatic carbocycles. The molecular weight excluding hydrogens is 170 g/mol. The van der Waals surface area contributed by atoms with Crippen molar-refractivity contribution in [2.24, 2.45) is 23.2 Å². The molecule has 4 rings (SSSR count). The van der Waals surface area contributed by atoms with Crippen molar-refractivity contribution in [2.75, 3.05) is 6.54 Å². The summed E-state index contributed by atoms with van der Waals surface area (Å²) in [7, 11) is 0. The van der Waals surface area contributed by atoms with Crippen molar-refractivity contribution in [3.05, 3.63) is 0 Å². The fourth-order valence-electron chi connectivity index (χ4n) is 4.27. The molecule has 1 N–H and O–H groups in total. The molecule has 0 aromatic carbocycles. The number of hydrogen-bond acceptors (Lipinski definition) is 1. The van der Waals surface area contributed by atoms with Gasteiger partial charge in [0.25, 0.3) is 0 Å². The summed E-state index contributed by atoms with van der Waals surface area (Å²) in [6.45, 7) is 6.32. The van der Waals surface area contributed by atoms with E-state index in [0.29, 0.717) is 0 Å². The van der Waals surface area contributed by atoms with Crippen LogP contribution in [0.15, 0.2) is 0 Å². The molecule has 1 heteroatoms. The maximum atomic E-state index is 3.65. The molecule has 4 aliphatic rings. The molecule has 0 spiro atoms. The third-order valence-electron chi connectivity index (χ3n) is 5.24. The molecule has 2 heterocycles. The molecule has 14 heavy (non-hydrogen) atoms. The van der Waals surface area contributed by atoms with Crippen LogP contribution < -0.4 is 5.32 Å². The van der Waals surface area contributed by atoms with Crippen LogP contribution in [-0.4, -0.2) is 12.6 Å². The number of rotatable bonds is 3. The number of nitrogens with one attached hydrogen (secondary N) is 1. The van der Waals surface area contributed by atoms with Gasteiger partial charge in [-0.25, -0.2) is 0 Å². The van der Waals surface area contributed by atoms with Crippen LogP contribution in [0.25, 0.3) is 0 Å². The molecule has 4 fully saturated rings. The first-order chi connectivity index (χ1) is 6.68. The number of fused-ring (bicyclic) bond motifs is 1. The fourth-order valence-corrected chi connectivity index (χ4v) is 4.27. The van der Waals surface area contributed by atoms with Gasteiger partial charge in [0, 0.05) is 6.04 Å². The third-order valence-corrected chi connectivity index (χ3v) is 5.24. The summed E-state index contributed by atoms with van der Waals surface area (Å²) >= 11 is 0. The predicted octanol–water partition coefficient (Wildman–Crippen LogP) is 2.81. The first kappa shape index (κ1) is 9.21. The molecule has 4 unspecified atom stereocenters. The van der Waals surface area contributed by atoms with Crippen LogP contribution >= 0.6 is 0 Å². The Morgan fingerprint density at radius 2 is 2.21 bits per heavy atom. The maximum Gasteiger partial charge on any atom is 0.0104 e. The summed E-state index contributed by atoms with van der Waals surface area (Å²) in [4.78, 5) is 0. The first-order valence-corrected chi connectivity index (χ1v) is 6.41. The lowest BCUT2D eigenvalue weighted by molar-refractivity contribution is 0.0587. The number of hydrogen-bond donors (Lipinski definition) is 1. The smallest absolute Gasteiger partial charge is 0.0104 e. The minimum atomic E-state index is 0.731. The summed E-state index contributed by atoms with van der Waals surface area (Å²) in [5.41, 5.74) is 0.731. The zero-order valence-electron chi connectivity index (χ0n) is 9.55. The molecule has 0 amide bonds. The van der Waals surface area contributed by atoms with Gasteiger partial charge in [0.1, 0.15) is 0 Å². The second-order valence-corrected chi connectivity index (χ2v) is 6.43. The van der Waals surface area contributed by atoms with Gasteiger partial charge in [-0.2, -0.15) is 0 Å². The highest BCUT2D eigenvalue weighted by Gasteiger charge is 2.50.